The standard InChI is InChI=1S/C29H51N3O8/c1-26(2,3)38-23(34)17-30-29(14-12-11-13-22(33)37-10)20-31(18-24(35)39-27(4,5)6)15-16-32(21-29)19-25(36)40-28(7,8)9/h15-16,30H,11-14,17-21H2,1-10H3. The van der Waals surface area contributed by atoms with Crippen molar-refractivity contribution in [1.82, 2.24) is 15.1 Å². The molecule has 1 heterocycles. The van der Waals surface area contributed by atoms with Crippen LogP contribution in [0.15, 0.2) is 12.4 Å². The molecule has 0 bridgehead atoms. The van der Waals surface area contributed by atoms with Crippen LogP contribution in [0.1, 0.15) is 88.0 Å². The summed E-state index contributed by atoms with van der Waals surface area (Å²) in [7, 11) is 1.35. The fourth-order valence-corrected chi connectivity index (χ4v) is 4.25. The molecule has 0 aromatic carbocycles. The van der Waals surface area contributed by atoms with Crippen molar-refractivity contribution in [3.63, 3.8) is 0 Å². The number of nitrogens with zero attached hydrogens (tertiary/aromatic N) is 2. The number of unbranched alkanes of at least 4 members (excludes halogenated alkanes) is 1. The third-order valence-corrected chi connectivity index (χ3v) is 5.55. The van der Waals surface area contributed by atoms with Crippen molar-refractivity contribution in [1.29, 1.82) is 0 Å². The number of carbonyl (C=O) groups excluding carboxylic acids is 4. The number of carbonyl (C=O) groups is 4. The average Bonchev–Trinajstić information content (AvgIpc) is 2.90. The molecule has 0 aromatic heterocycles. The lowest BCUT2D eigenvalue weighted by Gasteiger charge is -2.40. The lowest BCUT2D eigenvalue weighted by Crippen LogP contribution is -2.59. The molecule has 1 aliphatic rings. The van der Waals surface area contributed by atoms with Crippen molar-refractivity contribution in [2.75, 3.05) is 39.8 Å². The number of nitrogens with one attached hydrogen (secondary N) is 1. The summed E-state index contributed by atoms with van der Waals surface area (Å²) in [5.74, 6) is -1.51. The molecule has 11 heteroatoms. The zero-order chi connectivity index (χ0) is 30.8. The first-order valence-electron chi connectivity index (χ1n) is 13.8. The summed E-state index contributed by atoms with van der Waals surface area (Å²) >= 11 is 0. The molecular weight excluding hydrogens is 518 g/mol. The van der Waals surface area contributed by atoms with Crippen molar-refractivity contribution < 1.29 is 38.1 Å². The van der Waals surface area contributed by atoms with E-state index in [1.165, 1.54) is 7.11 Å². The van der Waals surface area contributed by atoms with Gasteiger partial charge in [-0.25, -0.2) is 0 Å². The van der Waals surface area contributed by atoms with Gasteiger partial charge in [-0.05, 0) is 75.2 Å². The Hall–Kier alpha value is -2.82. The zero-order valence-corrected chi connectivity index (χ0v) is 26.2. The highest BCUT2D eigenvalue weighted by molar-refractivity contribution is 5.73. The average molecular weight is 570 g/mol. The molecule has 1 N–H and O–H groups in total. The van der Waals surface area contributed by atoms with Crippen LogP contribution in [0.2, 0.25) is 0 Å². The minimum Gasteiger partial charge on any atom is -0.469 e. The maximum atomic E-state index is 12.7. The number of hydrogen-bond acceptors (Lipinski definition) is 11. The van der Waals surface area contributed by atoms with E-state index in [0.717, 1.165) is 0 Å². The van der Waals surface area contributed by atoms with Crippen molar-refractivity contribution in [2.24, 2.45) is 0 Å². The van der Waals surface area contributed by atoms with Gasteiger partial charge in [0, 0.05) is 31.9 Å². The van der Waals surface area contributed by atoms with E-state index >= 15 is 0 Å². The Bertz CT molecular complexity index is 854. The highest BCUT2D eigenvalue weighted by Gasteiger charge is 2.37. The van der Waals surface area contributed by atoms with Gasteiger partial charge in [0.15, 0.2) is 0 Å². The van der Waals surface area contributed by atoms with Crippen LogP contribution in [0.3, 0.4) is 0 Å². The molecule has 1 rings (SSSR count). The van der Waals surface area contributed by atoms with E-state index < -0.39 is 40.2 Å². The lowest BCUT2D eigenvalue weighted by molar-refractivity contribution is -0.157. The Morgan fingerprint density at radius 2 is 1.12 bits per heavy atom. The summed E-state index contributed by atoms with van der Waals surface area (Å²) < 4.78 is 21.4. The van der Waals surface area contributed by atoms with Crippen LogP contribution < -0.4 is 5.32 Å². The second kappa shape index (κ2) is 14.7. The van der Waals surface area contributed by atoms with Crippen LogP contribution in [0.25, 0.3) is 0 Å². The van der Waals surface area contributed by atoms with Gasteiger partial charge in [0.25, 0.3) is 0 Å². The Labute approximate surface area is 239 Å². The molecule has 0 amide bonds. The lowest BCUT2D eigenvalue weighted by atomic mass is 9.90. The monoisotopic (exact) mass is 569 g/mol. The third-order valence-electron chi connectivity index (χ3n) is 5.55. The van der Waals surface area contributed by atoms with Gasteiger partial charge < -0.3 is 28.7 Å². The van der Waals surface area contributed by atoms with Crippen LogP contribution in [0.4, 0.5) is 0 Å². The smallest absolute Gasteiger partial charge is 0.326 e. The maximum Gasteiger partial charge on any atom is 0.326 e. The van der Waals surface area contributed by atoms with Crippen molar-refractivity contribution in [2.45, 2.75) is 110 Å². The second-order valence-electron chi connectivity index (χ2n) is 13.3. The van der Waals surface area contributed by atoms with E-state index in [1.54, 1.807) is 74.7 Å². The summed E-state index contributed by atoms with van der Waals surface area (Å²) in [6.45, 7) is 16.8. The molecule has 0 radical (unpaired) electrons. The van der Waals surface area contributed by atoms with Gasteiger partial charge in [0.2, 0.25) is 0 Å². The Kier molecular flexibility index (Phi) is 12.9. The van der Waals surface area contributed by atoms with Crippen LogP contribution in [-0.4, -0.2) is 95.9 Å². The number of hydrogen-bond donors (Lipinski definition) is 1. The molecule has 0 spiro atoms. The molecule has 0 atom stereocenters. The topological polar surface area (TPSA) is 124 Å². The first-order valence-corrected chi connectivity index (χ1v) is 13.8. The summed E-state index contributed by atoms with van der Waals surface area (Å²) in [4.78, 5) is 53.4. The molecule has 0 aromatic rings. The SMILES string of the molecule is COC(=O)CCCCC1(NCC(=O)OC(C)(C)C)CN(CC(=O)OC(C)(C)C)C=CN(CC(=O)OC(C)(C)C)C1. The molecule has 0 saturated heterocycles. The predicted octanol–water partition coefficient (Wildman–Crippen LogP) is 3.16. The molecule has 230 valence electrons. The second-order valence-corrected chi connectivity index (χ2v) is 13.3. The van der Waals surface area contributed by atoms with Gasteiger partial charge in [-0.3, -0.25) is 24.5 Å². The number of esters is 4. The largest absolute Gasteiger partial charge is 0.469 e. The predicted molar refractivity (Wildman–Crippen MR) is 151 cm³/mol. The first kappa shape index (κ1) is 35.2. The van der Waals surface area contributed by atoms with Crippen LogP contribution in [0.5, 0.6) is 0 Å². The molecule has 0 aliphatic carbocycles. The number of methoxy groups -OCH3 is 1. The van der Waals surface area contributed by atoms with E-state index in [-0.39, 0.29) is 32.0 Å². The van der Waals surface area contributed by atoms with E-state index in [2.05, 4.69) is 5.32 Å². The van der Waals surface area contributed by atoms with Crippen molar-refractivity contribution in [3.05, 3.63) is 12.4 Å². The molecule has 0 saturated carbocycles. The summed E-state index contributed by atoms with van der Waals surface area (Å²) in [6, 6.07) is 0. The number of rotatable bonds is 12. The fraction of sp³-hybridized carbons (Fsp3) is 0.793. The van der Waals surface area contributed by atoms with Gasteiger partial charge >= 0.3 is 23.9 Å². The van der Waals surface area contributed by atoms with Crippen LogP contribution >= 0.6 is 0 Å². The molecular formula is C29H51N3O8. The molecule has 0 fully saturated rings. The van der Waals surface area contributed by atoms with Gasteiger partial charge in [0.1, 0.15) is 29.9 Å². The van der Waals surface area contributed by atoms with E-state index in [0.29, 0.717) is 32.4 Å². The van der Waals surface area contributed by atoms with Crippen LogP contribution in [0, 0.1) is 0 Å². The minimum atomic E-state index is -0.749. The molecule has 1 aliphatic heterocycles. The normalized spacial score (nSPS) is 15.8. The van der Waals surface area contributed by atoms with Crippen LogP contribution in [-0.2, 0) is 38.1 Å². The molecule has 40 heavy (non-hydrogen) atoms. The van der Waals surface area contributed by atoms with Gasteiger partial charge in [-0.1, -0.05) is 6.42 Å². The van der Waals surface area contributed by atoms with E-state index in [4.69, 9.17) is 18.9 Å². The van der Waals surface area contributed by atoms with E-state index in [1.807, 2.05) is 9.80 Å². The fourth-order valence-electron chi connectivity index (χ4n) is 4.25. The van der Waals surface area contributed by atoms with Gasteiger partial charge in [-0.2, -0.15) is 0 Å². The molecule has 11 nitrogen and oxygen atoms in total. The zero-order valence-electron chi connectivity index (χ0n) is 26.2. The highest BCUT2D eigenvalue weighted by atomic mass is 16.6. The maximum absolute atomic E-state index is 12.7. The number of ether oxygens (including phenoxy) is 4. The third kappa shape index (κ3) is 15.7. The first-order chi connectivity index (χ1) is 18.2. The summed E-state index contributed by atoms with van der Waals surface area (Å²) in [5, 5.41) is 3.38. The Morgan fingerprint density at radius 1 is 0.700 bits per heavy atom. The molecule has 0 unspecified atom stereocenters. The quantitative estimate of drug-likeness (QED) is 0.212. The van der Waals surface area contributed by atoms with Gasteiger partial charge in [0.05, 0.1) is 19.2 Å². The summed E-state index contributed by atoms with van der Waals surface area (Å²) in [5.41, 5.74) is -2.69. The Balaban J connectivity index is 3.28. The minimum absolute atomic E-state index is 0.0218. The summed E-state index contributed by atoms with van der Waals surface area (Å²) in [6.07, 6.45) is 5.52. The van der Waals surface area contributed by atoms with Gasteiger partial charge in [-0.15, -0.1) is 0 Å². The highest BCUT2D eigenvalue weighted by Crippen LogP contribution is 2.24. The van der Waals surface area contributed by atoms with Crippen molar-refractivity contribution >= 4 is 23.9 Å². The Morgan fingerprint density at radius 3 is 1.52 bits per heavy atom. The van der Waals surface area contributed by atoms with Crippen molar-refractivity contribution in [3.8, 4) is 0 Å². The van der Waals surface area contributed by atoms with E-state index in [9.17, 15) is 19.2 Å².